The molecule has 1 aromatic rings. The van der Waals surface area contributed by atoms with Crippen molar-refractivity contribution in [3.05, 3.63) is 11.9 Å². The van der Waals surface area contributed by atoms with E-state index in [1.807, 2.05) is 13.8 Å². The van der Waals surface area contributed by atoms with E-state index >= 15 is 0 Å². The second kappa shape index (κ2) is 6.00. The molecular weight excluding hydrogens is 228 g/mol. The molecule has 1 saturated heterocycles. The van der Waals surface area contributed by atoms with Gasteiger partial charge in [-0.15, -0.1) is 0 Å². The molecule has 5 nitrogen and oxygen atoms in total. The molecule has 2 heterocycles. The molecule has 0 aromatic carbocycles. The monoisotopic (exact) mass is 250 g/mol. The van der Waals surface area contributed by atoms with E-state index in [1.165, 1.54) is 0 Å². The highest BCUT2D eigenvalue weighted by molar-refractivity contribution is 5.51. The third-order valence-electron chi connectivity index (χ3n) is 3.23. The molecule has 1 aliphatic heterocycles. The first-order valence-electron chi connectivity index (χ1n) is 6.69. The minimum Gasteiger partial charge on any atom is -0.478 e. The molecular formula is C13H22N4O. The fourth-order valence-corrected chi connectivity index (χ4v) is 2.19. The molecule has 0 radical (unpaired) electrons. The van der Waals surface area contributed by atoms with E-state index in [-0.39, 0.29) is 0 Å². The lowest BCUT2D eigenvalue weighted by molar-refractivity contribution is 0.323. The van der Waals surface area contributed by atoms with Gasteiger partial charge < -0.3 is 15.0 Å². The third kappa shape index (κ3) is 2.56. The number of rotatable bonds is 6. The van der Waals surface area contributed by atoms with Crippen LogP contribution in [0, 0.1) is 6.92 Å². The first-order chi connectivity index (χ1) is 8.77. The molecule has 5 heteroatoms. The van der Waals surface area contributed by atoms with Crippen LogP contribution in [0.1, 0.15) is 25.8 Å². The van der Waals surface area contributed by atoms with Gasteiger partial charge in [-0.2, -0.15) is 0 Å². The zero-order chi connectivity index (χ0) is 13.0. The van der Waals surface area contributed by atoms with Crippen molar-refractivity contribution in [3.8, 4) is 5.88 Å². The van der Waals surface area contributed by atoms with Crippen LogP contribution in [-0.2, 0) is 0 Å². The summed E-state index contributed by atoms with van der Waals surface area (Å²) in [7, 11) is 0. The zero-order valence-electron chi connectivity index (χ0n) is 11.4. The number of ether oxygens (including phenoxy) is 1. The quantitative estimate of drug-likeness (QED) is 0.826. The number of hydrogen-bond donors (Lipinski definition) is 1. The molecule has 0 amide bonds. The summed E-state index contributed by atoms with van der Waals surface area (Å²) in [5.41, 5.74) is 1.04. The normalized spacial score (nSPS) is 15.3. The molecule has 0 saturated carbocycles. The third-order valence-corrected chi connectivity index (χ3v) is 3.23. The van der Waals surface area contributed by atoms with Crippen molar-refractivity contribution in [3.63, 3.8) is 0 Å². The van der Waals surface area contributed by atoms with E-state index in [4.69, 9.17) is 4.74 Å². The summed E-state index contributed by atoms with van der Waals surface area (Å²) in [6, 6.07) is 0.549. The van der Waals surface area contributed by atoms with Crippen LogP contribution in [-0.4, -0.2) is 42.3 Å². The van der Waals surface area contributed by atoms with Crippen LogP contribution in [0.5, 0.6) is 5.88 Å². The Balaban J connectivity index is 2.25. The molecule has 18 heavy (non-hydrogen) atoms. The van der Waals surface area contributed by atoms with E-state index in [1.54, 1.807) is 6.33 Å². The zero-order valence-corrected chi connectivity index (χ0v) is 11.4. The number of nitrogens with zero attached hydrogens (tertiary/aromatic N) is 3. The van der Waals surface area contributed by atoms with Crippen LogP contribution in [0.15, 0.2) is 6.33 Å². The molecule has 0 atom stereocenters. The predicted octanol–water partition coefficient (Wildman–Crippen LogP) is 1.37. The van der Waals surface area contributed by atoms with Crippen molar-refractivity contribution in [2.24, 2.45) is 0 Å². The highest BCUT2D eigenvalue weighted by Gasteiger charge is 2.27. The summed E-state index contributed by atoms with van der Waals surface area (Å²) in [5.74, 6) is 1.72. The van der Waals surface area contributed by atoms with Gasteiger partial charge >= 0.3 is 0 Å². The predicted molar refractivity (Wildman–Crippen MR) is 72.2 cm³/mol. The lowest BCUT2D eigenvalue weighted by Gasteiger charge is -2.39. The van der Waals surface area contributed by atoms with Crippen LogP contribution in [0.4, 0.5) is 5.82 Å². The molecule has 1 fully saturated rings. The van der Waals surface area contributed by atoms with Crippen LogP contribution in [0.3, 0.4) is 0 Å². The van der Waals surface area contributed by atoms with Gasteiger partial charge in [-0.05, 0) is 20.3 Å². The fourth-order valence-electron chi connectivity index (χ4n) is 2.19. The van der Waals surface area contributed by atoms with Gasteiger partial charge in [0.25, 0.3) is 0 Å². The van der Waals surface area contributed by atoms with Crippen LogP contribution < -0.4 is 15.0 Å². The van der Waals surface area contributed by atoms with E-state index in [2.05, 4.69) is 27.1 Å². The Kier molecular flexibility index (Phi) is 4.36. The lowest BCUT2D eigenvalue weighted by Crippen LogP contribution is -2.58. The second-order valence-corrected chi connectivity index (χ2v) is 4.57. The number of hydrogen-bond acceptors (Lipinski definition) is 5. The Labute approximate surface area is 109 Å². The topological polar surface area (TPSA) is 50.3 Å². The lowest BCUT2D eigenvalue weighted by atomic mass is 10.1. The summed E-state index contributed by atoms with van der Waals surface area (Å²) in [6.07, 6.45) is 2.71. The SMILES string of the molecule is CCCN(c1ncnc(OCC)c1C)C1CNC1. The van der Waals surface area contributed by atoms with Gasteiger partial charge in [0, 0.05) is 19.6 Å². The standard InChI is InChI=1S/C13H22N4O/c1-4-6-17(11-7-14-8-11)12-10(3)13(18-5-2)16-9-15-12/h9,11,14H,4-8H2,1-3H3. The fraction of sp³-hybridized carbons (Fsp3) is 0.692. The van der Waals surface area contributed by atoms with Gasteiger partial charge in [0.2, 0.25) is 5.88 Å². The van der Waals surface area contributed by atoms with Crippen LogP contribution in [0.2, 0.25) is 0 Å². The minimum atomic E-state index is 0.549. The molecule has 1 N–H and O–H groups in total. The van der Waals surface area contributed by atoms with Crippen LogP contribution >= 0.6 is 0 Å². The van der Waals surface area contributed by atoms with Gasteiger partial charge in [0.05, 0.1) is 18.2 Å². The molecule has 2 rings (SSSR count). The van der Waals surface area contributed by atoms with Crippen LogP contribution in [0.25, 0.3) is 0 Å². The van der Waals surface area contributed by atoms with E-state index < -0.39 is 0 Å². The van der Waals surface area contributed by atoms with Crippen molar-refractivity contribution < 1.29 is 4.74 Å². The smallest absolute Gasteiger partial charge is 0.221 e. The first kappa shape index (κ1) is 13.1. The number of nitrogens with one attached hydrogen (secondary N) is 1. The van der Waals surface area contributed by atoms with Gasteiger partial charge in [-0.25, -0.2) is 9.97 Å². The maximum atomic E-state index is 5.54. The average Bonchev–Trinajstić information content (AvgIpc) is 2.29. The number of aromatic nitrogens is 2. The Morgan fingerprint density at radius 2 is 2.17 bits per heavy atom. The summed E-state index contributed by atoms with van der Waals surface area (Å²) in [6.45, 7) is 9.93. The molecule has 1 aromatic heterocycles. The summed E-state index contributed by atoms with van der Waals surface area (Å²) in [4.78, 5) is 11.0. The Morgan fingerprint density at radius 3 is 2.72 bits per heavy atom. The van der Waals surface area contributed by atoms with Gasteiger partial charge in [0.15, 0.2) is 0 Å². The highest BCUT2D eigenvalue weighted by atomic mass is 16.5. The molecule has 0 unspecified atom stereocenters. The molecule has 0 aliphatic carbocycles. The maximum absolute atomic E-state index is 5.54. The molecule has 0 bridgehead atoms. The molecule has 1 aliphatic rings. The average molecular weight is 250 g/mol. The van der Waals surface area contributed by atoms with Crippen molar-refractivity contribution in [1.82, 2.24) is 15.3 Å². The number of anilines is 1. The maximum Gasteiger partial charge on any atom is 0.221 e. The first-order valence-corrected chi connectivity index (χ1v) is 6.69. The van der Waals surface area contributed by atoms with Crippen molar-refractivity contribution in [1.29, 1.82) is 0 Å². The van der Waals surface area contributed by atoms with Crippen molar-refractivity contribution in [2.45, 2.75) is 33.2 Å². The minimum absolute atomic E-state index is 0.549. The Hall–Kier alpha value is -1.36. The van der Waals surface area contributed by atoms with Gasteiger partial charge in [-0.3, -0.25) is 0 Å². The summed E-state index contributed by atoms with van der Waals surface area (Å²) < 4.78 is 5.54. The molecule has 100 valence electrons. The van der Waals surface area contributed by atoms with Crippen molar-refractivity contribution in [2.75, 3.05) is 31.1 Å². The van der Waals surface area contributed by atoms with E-state index in [9.17, 15) is 0 Å². The molecule has 0 spiro atoms. The second-order valence-electron chi connectivity index (χ2n) is 4.57. The summed E-state index contributed by atoms with van der Waals surface area (Å²) >= 11 is 0. The van der Waals surface area contributed by atoms with E-state index in [0.29, 0.717) is 18.5 Å². The summed E-state index contributed by atoms with van der Waals surface area (Å²) in [5, 5.41) is 3.31. The van der Waals surface area contributed by atoms with Gasteiger partial charge in [0.1, 0.15) is 12.1 Å². The Morgan fingerprint density at radius 1 is 1.39 bits per heavy atom. The highest BCUT2D eigenvalue weighted by Crippen LogP contribution is 2.26. The van der Waals surface area contributed by atoms with Crippen molar-refractivity contribution >= 4 is 5.82 Å². The largest absolute Gasteiger partial charge is 0.478 e. The van der Waals surface area contributed by atoms with E-state index in [0.717, 1.165) is 37.4 Å². The van der Waals surface area contributed by atoms with Gasteiger partial charge in [-0.1, -0.05) is 6.92 Å². The Bertz CT molecular complexity index is 393.